The van der Waals surface area contributed by atoms with Gasteiger partial charge < -0.3 is 14.2 Å². The smallest absolute Gasteiger partial charge is 0.145 e. The second-order valence-corrected chi connectivity index (χ2v) is 4.69. The van der Waals surface area contributed by atoms with Gasteiger partial charge in [-0.3, -0.25) is 0 Å². The molecule has 108 valence electrons. The van der Waals surface area contributed by atoms with E-state index in [0.717, 1.165) is 0 Å². The minimum Gasteiger partial charge on any atom is -0.382 e. The Morgan fingerprint density at radius 1 is 1.05 bits per heavy atom. The molecule has 0 unspecified atom stereocenters. The fourth-order valence-electron chi connectivity index (χ4n) is 1.38. The summed E-state index contributed by atoms with van der Waals surface area (Å²) in [6.45, 7) is 1.92. The summed E-state index contributed by atoms with van der Waals surface area (Å²) < 4.78 is 42.5. The highest BCUT2D eigenvalue weighted by Gasteiger charge is 2.12. The third-order valence-electron chi connectivity index (χ3n) is 2.39. The van der Waals surface area contributed by atoms with E-state index in [1.165, 1.54) is 12.1 Å². The van der Waals surface area contributed by atoms with Gasteiger partial charge in [0.2, 0.25) is 0 Å². The fourth-order valence-corrected chi connectivity index (χ4v) is 1.75. The van der Waals surface area contributed by atoms with Gasteiger partial charge in [0, 0.05) is 20.3 Å². The largest absolute Gasteiger partial charge is 0.382 e. The highest BCUT2D eigenvalue weighted by molar-refractivity contribution is 9.10. The van der Waals surface area contributed by atoms with E-state index in [1.54, 1.807) is 7.11 Å². The number of hydrogen-bond donors (Lipinski definition) is 0. The lowest BCUT2D eigenvalue weighted by atomic mass is 10.2. The van der Waals surface area contributed by atoms with Crippen LogP contribution in [0.15, 0.2) is 16.6 Å². The molecule has 0 saturated carbocycles. The molecule has 0 bridgehead atoms. The summed E-state index contributed by atoms with van der Waals surface area (Å²) in [6, 6.07) is 2.54. The van der Waals surface area contributed by atoms with Crippen molar-refractivity contribution < 1.29 is 23.0 Å². The Balaban J connectivity index is 2.21. The summed E-state index contributed by atoms with van der Waals surface area (Å²) in [4.78, 5) is 0. The maximum absolute atomic E-state index is 13.6. The quantitative estimate of drug-likeness (QED) is 0.510. The molecule has 0 N–H and O–H groups in total. The van der Waals surface area contributed by atoms with E-state index in [0.29, 0.717) is 32.8 Å². The first-order chi connectivity index (χ1) is 9.16. The zero-order chi connectivity index (χ0) is 14.1. The molecule has 0 aliphatic rings. The van der Waals surface area contributed by atoms with Crippen LogP contribution >= 0.6 is 15.9 Å². The predicted octanol–water partition coefficient (Wildman–Crippen LogP) is 3.30. The average Bonchev–Trinajstić information content (AvgIpc) is 2.40. The topological polar surface area (TPSA) is 27.7 Å². The summed E-state index contributed by atoms with van der Waals surface area (Å²) in [5.41, 5.74) is -0.0605. The molecule has 0 spiro atoms. The third kappa shape index (κ3) is 5.95. The number of ether oxygens (including phenoxy) is 3. The second kappa shape index (κ2) is 9.36. The summed E-state index contributed by atoms with van der Waals surface area (Å²) in [6.07, 6.45) is 0.668. The SMILES string of the molecule is COCCOCCCOCc1c(F)ccc(Br)c1F. The van der Waals surface area contributed by atoms with Gasteiger partial charge in [0.25, 0.3) is 0 Å². The molecule has 1 aromatic carbocycles. The van der Waals surface area contributed by atoms with E-state index in [4.69, 9.17) is 14.2 Å². The number of halogens is 3. The van der Waals surface area contributed by atoms with E-state index in [2.05, 4.69) is 15.9 Å². The van der Waals surface area contributed by atoms with Crippen molar-refractivity contribution in [2.24, 2.45) is 0 Å². The van der Waals surface area contributed by atoms with E-state index in [1.807, 2.05) is 0 Å². The Hall–Kier alpha value is -0.560. The van der Waals surface area contributed by atoms with Crippen molar-refractivity contribution >= 4 is 15.9 Å². The molecular weight excluding hydrogens is 322 g/mol. The number of hydrogen-bond acceptors (Lipinski definition) is 3. The molecule has 0 radical (unpaired) electrons. The molecule has 0 amide bonds. The standard InChI is InChI=1S/C13H17BrF2O3/c1-17-7-8-18-5-2-6-19-9-10-12(15)4-3-11(14)13(10)16/h3-4H,2,5-9H2,1H3. The van der Waals surface area contributed by atoms with Crippen LogP contribution in [0.3, 0.4) is 0 Å². The first-order valence-corrected chi connectivity index (χ1v) is 6.73. The highest BCUT2D eigenvalue weighted by Crippen LogP contribution is 2.22. The van der Waals surface area contributed by atoms with Crippen molar-refractivity contribution in [3.05, 3.63) is 33.8 Å². The zero-order valence-corrected chi connectivity index (χ0v) is 12.3. The summed E-state index contributed by atoms with van der Waals surface area (Å²) >= 11 is 3.01. The molecule has 0 aliphatic carbocycles. The van der Waals surface area contributed by atoms with Crippen molar-refractivity contribution in [3.63, 3.8) is 0 Å². The van der Waals surface area contributed by atoms with E-state index >= 15 is 0 Å². The second-order valence-electron chi connectivity index (χ2n) is 3.83. The van der Waals surface area contributed by atoms with Crippen LogP contribution in [0.5, 0.6) is 0 Å². The van der Waals surface area contributed by atoms with E-state index < -0.39 is 11.6 Å². The molecule has 1 rings (SSSR count). The Labute approximate surface area is 120 Å². The van der Waals surface area contributed by atoms with Crippen LogP contribution < -0.4 is 0 Å². The molecule has 1 aromatic rings. The van der Waals surface area contributed by atoms with Gasteiger partial charge in [-0.25, -0.2) is 8.78 Å². The highest BCUT2D eigenvalue weighted by atomic mass is 79.9. The molecule has 0 aliphatic heterocycles. The first kappa shape index (κ1) is 16.5. The molecule has 0 saturated heterocycles. The molecule has 19 heavy (non-hydrogen) atoms. The van der Waals surface area contributed by atoms with Crippen LogP contribution in [-0.2, 0) is 20.8 Å². The van der Waals surface area contributed by atoms with Crippen molar-refractivity contribution in [2.75, 3.05) is 33.5 Å². The van der Waals surface area contributed by atoms with Crippen molar-refractivity contribution in [1.29, 1.82) is 0 Å². The van der Waals surface area contributed by atoms with Gasteiger partial charge in [0.1, 0.15) is 11.6 Å². The fraction of sp³-hybridized carbons (Fsp3) is 0.538. The Kier molecular flexibility index (Phi) is 8.13. The lowest BCUT2D eigenvalue weighted by Crippen LogP contribution is -2.06. The Morgan fingerprint density at radius 3 is 2.53 bits per heavy atom. The molecule has 0 aromatic heterocycles. The van der Waals surface area contributed by atoms with Gasteiger partial charge in [-0.1, -0.05) is 0 Å². The lowest BCUT2D eigenvalue weighted by molar-refractivity contribution is 0.0474. The minimum absolute atomic E-state index is 0.0605. The zero-order valence-electron chi connectivity index (χ0n) is 10.8. The molecule has 0 heterocycles. The van der Waals surface area contributed by atoms with Gasteiger partial charge in [0.05, 0.1) is 29.9 Å². The number of rotatable bonds is 9. The molecular formula is C13H17BrF2O3. The van der Waals surface area contributed by atoms with Crippen LogP contribution in [0.4, 0.5) is 8.78 Å². The summed E-state index contributed by atoms with van der Waals surface area (Å²) in [5, 5.41) is 0. The van der Waals surface area contributed by atoms with Gasteiger partial charge in [-0.2, -0.15) is 0 Å². The van der Waals surface area contributed by atoms with Gasteiger partial charge in [0.15, 0.2) is 0 Å². The Morgan fingerprint density at radius 2 is 1.79 bits per heavy atom. The molecule has 6 heteroatoms. The van der Waals surface area contributed by atoms with Crippen LogP contribution in [0.25, 0.3) is 0 Å². The normalized spacial score (nSPS) is 10.9. The van der Waals surface area contributed by atoms with Crippen molar-refractivity contribution in [1.82, 2.24) is 0 Å². The van der Waals surface area contributed by atoms with E-state index in [9.17, 15) is 8.78 Å². The number of methoxy groups -OCH3 is 1. The maximum Gasteiger partial charge on any atom is 0.145 e. The molecule has 3 nitrogen and oxygen atoms in total. The molecule has 0 fully saturated rings. The van der Waals surface area contributed by atoms with Crippen LogP contribution in [0.2, 0.25) is 0 Å². The minimum atomic E-state index is -0.614. The van der Waals surface area contributed by atoms with Crippen molar-refractivity contribution in [2.45, 2.75) is 13.0 Å². The summed E-state index contributed by atoms with van der Waals surface area (Å²) in [7, 11) is 1.60. The number of benzene rings is 1. The Bertz CT molecular complexity index is 388. The third-order valence-corrected chi connectivity index (χ3v) is 3.01. The van der Waals surface area contributed by atoms with Gasteiger partial charge in [-0.05, 0) is 34.5 Å². The van der Waals surface area contributed by atoms with Gasteiger partial charge >= 0.3 is 0 Å². The lowest BCUT2D eigenvalue weighted by Gasteiger charge is -2.08. The van der Waals surface area contributed by atoms with Gasteiger partial charge in [-0.15, -0.1) is 0 Å². The first-order valence-electron chi connectivity index (χ1n) is 5.93. The van der Waals surface area contributed by atoms with E-state index in [-0.39, 0.29) is 16.6 Å². The van der Waals surface area contributed by atoms with Crippen LogP contribution in [-0.4, -0.2) is 33.5 Å². The molecule has 0 atom stereocenters. The van der Waals surface area contributed by atoms with Crippen molar-refractivity contribution in [3.8, 4) is 0 Å². The monoisotopic (exact) mass is 338 g/mol. The maximum atomic E-state index is 13.6. The summed E-state index contributed by atoms with van der Waals surface area (Å²) in [5.74, 6) is -1.21. The van der Waals surface area contributed by atoms with Crippen LogP contribution in [0, 0.1) is 11.6 Å². The predicted molar refractivity (Wildman–Crippen MR) is 71.0 cm³/mol. The average molecular weight is 339 g/mol. The van der Waals surface area contributed by atoms with Crippen LogP contribution in [0.1, 0.15) is 12.0 Å².